The van der Waals surface area contributed by atoms with Gasteiger partial charge in [0.25, 0.3) is 5.91 Å². The summed E-state index contributed by atoms with van der Waals surface area (Å²) in [5, 5.41) is 14.5. The number of aromatic nitrogens is 2. The Kier molecular flexibility index (Phi) is 7.24. The highest BCUT2D eigenvalue weighted by molar-refractivity contribution is 6.42. The number of β-amino-alcohol motifs (C(OH)–C–C–N with tert-alkyl or cyclic N) is 1. The number of amides is 1. The molecule has 2 atom stereocenters. The Hall–Kier alpha value is -2.58. The van der Waals surface area contributed by atoms with E-state index >= 15 is 0 Å². The van der Waals surface area contributed by atoms with E-state index in [0.29, 0.717) is 47.4 Å². The summed E-state index contributed by atoms with van der Waals surface area (Å²) in [5.74, 6) is 0.361. The number of carbonyl (C=O) groups excluding carboxylic acids is 1. The molecule has 1 aliphatic heterocycles. The molecule has 1 aromatic heterocycles. The Bertz CT molecular complexity index is 1150. The average molecular weight is 489 g/mol. The molecule has 0 spiro atoms. The molecule has 3 aromatic rings. The minimum atomic E-state index is -0.534. The van der Waals surface area contributed by atoms with Crippen LogP contribution in [0.1, 0.15) is 28.0 Å². The number of aryl methyl sites for hydroxylation is 1. The number of aliphatic hydroxyl groups excluding tert-OH is 1. The third-order valence-corrected chi connectivity index (χ3v) is 6.40. The predicted octanol–water partition coefficient (Wildman–Crippen LogP) is 3.86. The van der Waals surface area contributed by atoms with E-state index in [1.807, 2.05) is 35.9 Å². The third kappa shape index (κ3) is 5.68. The van der Waals surface area contributed by atoms with Crippen LogP contribution in [0.2, 0.25) is 10.0 Å². The molecule has 2 heterocycles. The predicted molar refractivity (Wildman–Crippen MR) is 128 cm³/mol. The van der Waals surface area contributed by atoms with Gasteiger partial charge >= 0.3 is 0 Å². The van der Waals surface area contributed by atoms with Crippen LogP contribution in [0.5, 0.6) is 5.75 Å². The number of ether oxygens (including phenoxy) is 1. The van der Waals surface area contributed by atoms with Crippen molar-refractivity contribution >= 4 is 29.1 Å². The highest BCUT2D eigenvalue weighted by Gasteiger charge is 2.27. The first-order valence-corrected chi connectivity index (χ1v) is 11.4. The standard InChI is InChI=1S/C24H26Cl2N4O3/c1-15-10-30(14-27-15)22-6-4-17(8-23(22)33-2)24(32)28-18-9-19(31)13-29(12-18)11-16-3-5-20(25)21(26)7-16/h3-8,10,14,18-19,31H,9,11-13H2,1-2H3,(H,28,32). The second-order valence-corrected chi connectivity index (χ2v) is 9.13. The Labute approximate surface area is 202 Å². The number of nitrogens with zero attached hydrogens (tertiary/aromatic N) is 3. The van der Waals surface area contributed by atoms with Crippen molar-refractivity contribution in [3.05, 3.63) is 75.8 Å². The molecule has 2 unspecified atom stereocenters. The summed E-state index contributed by atoms with van der Waals surface area (Å²) in [6.45, 7) is 3.66. The lowest BCUT2D eigenvalue weighted by Crippen LogP contribution is -2.52. The number of hydrogen-bond donors (Lipinski definition) is 2. The van der Waals surface area contributed by atoms with Gasteiger partial charge in [-0.15, -0.1) is 0 Å². The summed E-state index contributed by atoms with van der Waals surface area (Å²) in [6, 6.07) is 10.6. The average Bonchev–Trinajstić information content (AvgIpc) is 3.21. The smallest absolute Gasteiger partial charge is 0.251 e. The minimum absolute atomic E-state index is 0.189. The Morgan fingerprint density at radius 1 is 1.21 bits per heavy atom. The zero-order valence-electron chi connectivity index (χ0n) is 18.5. The van der Waals surface area contributed by atoms with Crippen molar-refractivity contribution in [2.24, 2.45) is 0 Å². The number of methoxy groups -OCH3 is 1. The fourth-order valence-electron chi connectivity index (χ4n) is 4.15. The molecular formula is C24H26Cl2N4O3. The number of benzene rings is 2. The van der Waals surface area contributed by atoms with E-state index in [0.717, 1.165) is 16.9 Å². The van der Waals surface area contributed by atoms with Crippen molar-refractivity contribution in [2.45, 2.75) is 32.0 Å². The number of rotatable bonds is 6. The van der Waals surface area contributed by atoms with E-state index in [1.54, 1.807) is 31.6 Å². The first-order valence-electron chi connectivity index (χ1n) is 10.7. The second kappa shape index (κ2) is 10.1. The number of hydrogen-bond acceptors (Lipinski definition) is 5. The van der Waals surface area contributed by atoms with Crippen LogP contribution in [-0.2, 0) is 6.54 Å². The fraction of sp³-hybridized carbons (Fsp3) is 0.333. The third-order valence-electron chi connectivity index (χ3n) is 5.66. The van der Waals surface area contributed by atoms with E-state index in [2.05, 4.69) is 15.2 Å². The van der Waals surface area contributed by atoms with Crippen molar-refractivity contribution in [2.75, 3.05) is 20.2 Å². The van der Waals surface area contributed by atoms with Gasteiger partial charge in [-0.3, -0.25) is 9.69 Å². The zero-order chi connectivity index (χ0) is 23.5. The topological polar surface area (TPSA) is 79.6 Å². The van der Waals surface area contributed by atoms with Crippen molar-refractivity contribution < 1.29 is 14.6 Å². The molecular weight excluding hydrogens is 463 g/mol. The van der Waals surface area contributed by atoms with E-state index in [4.69, 9.17) is 27.9 Å². The number of aliphatic hydroxyl groups is 1. The van der Waals surface area contributed by atoms with Gasteiger partial charge in [-0.25, -0.2) is 4.98 Å². The van der Waals surface area contributed by atoms with Crippen LogP contribution in [0.3, 0.4) is 0 Å². The summed E-state index contributed by atoms with van der Waals surface area (Å²) < 4.78 is 7.37. The lowest BCUT2D eigenvalue weighted by Gasteiger charge is -2.36. The van der Waals surface area contributed by atoms with Crippen molar-refractivity contribution in [3.63, 3.8) is 0 Å². The molecule has 2 N–H and O–H groups in total. The quantitative estimate of drug-likeness (QED) is 0.550. The first kappa shape index (κ1) is 23.6. The van der Waals surface area contributed by atoms with Crippen LogP contribution in [0.4, 0.5) is 0 Å². The second-order valence-electron chi connectivity index (χ2n) is 8.31. The van der Waals surface area contributed by atoms with Gasteiger partial charge in [0.2, 0.25) is 0 Å². The van der Waals surface area contributed by atoms with Crippen molar-refractivity contribution in [3.8, 4) is 11.4 Å². The highest BCUT2D eigenvalue weighted by atomic mass is 35.5. The maximum atomic E-state index is 13.0. The van der Waals surface area contributed by atoms with Gasteiger partial charge in [0, 0.05) is 37.4 Å². The molecule has 1 aliphatic rings. The first-order chi connectivity index (χ1) is 15.8. The van der Waals surface area contributed by atoms with Crippen LogP contribution >= 0.6 is 23.2 Å². The van der Waals surface area contributed by atoms with Gasteiger partial charge in [-0.1, -0.05) is 29.3 Å². The Morgan fingerprint density at radius 2 is 2.03 bits per heavy atom. The van der Waals surface area contributed by atoms with Crippen molar-refractivity contribution in [1.29, 1.82) is 0 Å². The number of halogens is 2. The summed E-state index contributed by atoms with van der Waals surface area (Å²) in [5.41, 5.74) is 3.18. The van der Waals surface area contributed by atoms with Crippen molar-refractivity contribution in [1.82, 2.24) is 19.8 Å². The summed E-state index contributed by atoms with van der Waals surface area (Å²) in [4.78, 5) is 19.3. The number of imidazole rings is 1. The lowest BCUT2D eigenvalue weighted by atomic mass is 10.0. The van der Waals surface area contributed by atoms with Crippen LogP contribution in [0.25, 0.3) is 5.69 Å². The maximum absolute atomic E-state index is 13.0. The number of piperidine rings is 1. The molecule has 0 aliphatic carbocycles. The molecule has 0 radical (unpaired) electrons. The normalized spacial score (nSPS) is 18.8. The lowest BCUT2D eigenvalue weighted by molar-refractivity contribution is 0.0459. The Morgan fingerprint density at radius 3 is 2.73 bits per heavy atom. The van der Waals surface area contributed by atoms with Crippen LogP contribution in [-0.4, -0.2) is 57.8 Å². The van der Waals surface area contributed by atoms with Gasteiger partial charge < -0.3 is 19.7 Å². The molecule has 7 nitrogen and oxygen atoms in total. The molecule has 0 saturated carbocycles. The van der Waals surface area contributed by atoms with Gasteiger partial charge in [0.1, 0.15) is 5.75 Å². The molecule has 174 valence electrons. The summed E-state index contributed by atoms with van der Waals surface area (Å²) >= 11 is 12.1. The van der Waals surface area contributed by atoms with Crippen LogP contribution < -0.4 is 10.1 Å². The molecule has 4 rings (SSSR count). The van der Waals surface area contributed by atoms with Gasteiger partial charge in [-0.2, -0.15) is 0 Å². The highest BCUT2D eigenvalue weighted by Crippen LogP contribution is 2.26. The molecule has 9 heteroatoms. The molecule has 1 saturated heterocycles. The molecule has 33 heavy (non-hydrogen) atoms. The maximum Gasteiger partial charge on any atom is 0.251 e. The van der Waals surface area contributed by atoms with Crippen LogP contribution in [0, 0.1) is 6.92 Å². The largest absolute Gasteiger partial charge is 0.495 e. The zero-order valence-corrected chi connectivity index (χ0v) is 20.0. The summed E-state index contributed by atoms with van der Waals surface area (Å²) in [7, 11) is 1.57. The monoisotopic (exact) mass is 488 g/mol. The molecule has 0 bridgehead atoms. The van der Waals surface area contributed by atoms with E-state index in [-0.39, 0.29) is 11.9 Å². The van der Waals surface area contributed by atoms with Gasteiger partial charge in [0.15, 0.2) is 0 Å². The molecule has 1 fully saturated rings. The molecule has 2 aromatic carbocycles. The van der Waals surface area contributed by atoms with E-state index < -0.39 is 6.10 Å². The number of likely N-dealkylation sites (tertiary alicyclic amines) is 1. The SMILES string of the molecule is COc1cc(C(=O)NC2CC(O)CN(Cc3ccc(Cl)c(Cl)c3)C2)ccc1-n1cnc(C)c1. The number of carbonyl (C=O) groups is 1. The van der Waals surface area contributed by atoms with Crippen LogP contribution in [0.15, 0.2) is 48.9 Å². The van der Waals surface area contributed by atoms with Gasteiger partial charge in [-0.05, 0) is 49.2 Å². The minimum Gasteiger partial charge on any atom is -0.495 e. The molecule has 1 amide bonds. The summed E-state index contributed by atoms with van der Waals surface area (Å²) in [6.07, 6.45) is 3.56. The van der Waals surface area contributed by atoms with E-state index in [1.165, 1.54) is 0 Å². The Balaban J connectivity index is 1.44. The van der Waals surface area contributed by atoms with Gasteiger partial charge in [0.05, 0.1) is 41.0 Å². The van der Waals surface area contributed by atoms with E-state index in [9.17, 15) is 9.90 Å². The fourth-order valence-corrected chi connectivity index (χ4v) is 4.47. The number of nitrogens with one attached hydrogen (secondary N) is 1.